The smallest absolute Gasteiger partial charge is 0.244 e. The molecule has 22 heavy (non-hydrogen) atoms. The van der Waals surface area contributed by atoms with E-state index in [0.717, 1.165) is 12.1 Å². The Balaban J connectivity index is 1.72. The maximum absolute atomic E-state index is 9.98. The van der Waals surface area contributed by atoms with Crippen LogP contribution in [0.2, 0.25) is 0 Å². The van der Waals surface area contributed by atoms with Crippen LogP contribution in [-0.4, -0.2) is 39.9 Å². The zero-order valence-electron chi connectivity index (χ0n) is 12.9. The third-order valence-electron chi connectivity index (χ3n) is 3.93. The lowest BCUT2D eigenvalue weighted by Gasteiger charge is -2.21. The molecule has 1 aliphatic rings. The van der Waals surface area contributed by atoms with Gasteiger partial charge in [-0.05, 0) is 24.5 Å². The number of aliphatic hydroxyl groups is 1. The fourth-order valence-corrected chi connectivity index (χ4v) is 2.90. The summed E-state index contributed by atoms with van der Waals surface area (Å²) in [6.07, 6.45) is 0.272. The Bertz CT molecular complexity index is 611. The van der Waals surface area contributed by atoms with Crippen LogP contribution in [0.4, 0.5) is 0 Å². The number of hydrogen-bond donors (Lipinski definition) is 1. The first-order valence-electron chi connectivity index (χ1n) is 7.45. The van der Waals surface area contributed by atoms with Gasteiger partial charge in [0.25, 0.3) is 0 Å². The van der Waals surface area contributed by atoms with Crippen LogP contribution in [0.3, 0.4) is 0 Å². The molecular formula is C16H21N3O3. The predicted octanol–water partition coefficient (Wildman–Crippen LogP) is 1.83. The molecule has 0 radical (unpaired) electrons. The summed E-state index contributed by atoms with van der Waals surface area (Å²) in [6.45, 7) is 3.78. The van der Waals surface area contributed by atoms with Gasteiger partial charge >= 0.3 is 0 Å². The number of likely N-dealkylation sites (tertiary alicyclic amines) is 1. The second-order valence-corrected chi connectivity index (χ2v) is 5.76. The molecule has 1 aromatic heterocycles. The summed E-state index contributed by atoms with van der Waals surface area (Å²) in [4.78, 5) is 6.49. The molecule has 118 valence electrons. The highest BCUT2D eigenvalue weighted by Gasteiger charge is 2.35. The Morgan fingerprint density at radius 2 is 2.05 bits per heavy atom. The number of aryl methyl sites for hydroxylation is 1. The molecule has 1 N–H and O–H groups in total. The van der Waals surface area contributed by atoms with E-state index in [9.17, 15) is 5.11 Å². The van der Waals surface area contributed by atoms with Gasteiger partial charge in [-0.3, -0.25) is 4.90 Å². The van der Waals surface area contributed by atoms with E-state index in [4.69, 9.17) is 9.26 Å². The summed E-state index contributed by atoms with van der Waals surface area (Å²) in [7, 11) is 1.69. The molecule has 1 aromatic carbocycles. The first-order valence-corrected chi connectivity index (χ1v) is 7.45. The van der Waals surface area contributed by atoms with E-state index in [1.54, 1.807) is 14.0 Å². The maximum Gasteiger partial charge on any atom is 0.244 e. The number of aromatic nitrogens is 2. The van der Waals surface area contributed by atoms with Crippen molar-refractivity contribution in [2.45, 2.75) is 38.6 Å². The lowest BCUT2D eigenvalue weighted by molar-refractivity contribution is 0.169. The fourth-order valence-electron chi connectivity index (χ4n) is 2.90. The Morgan fingerprint density at radius 3 is 2.68 bits per heavy atom. The molecule has 2 heterocycles. The van der Waals surface area contributed by atoms with E-state index in [1.807, 2.05) is 0 Å². The van der Waals surface area contributed by atoms with Crippen molar-refractivity contribution in [1.82, 2.24) is 15.0 Å². The first kappa shape index (κ1) is 15.1. The minimum atomic E-state index is -0.357. The van der Waals surface area contributed by atoms with Crippen molar-refractivity contribution >= 4 is 0 Å². The molecule has 2 atom stereocenters. The van der Waals surface area contributed by atoms with Crippen molar-refractivity contribution in [2.24, 2.45) is 0 Å². The van der Waals surface area contributed by atoms with E-state index in [2.05, 4.69) is 39.3 Å². The SMILES string of the molecule is COCc1ccc(CN2C[C@H](O)C[C@@H]2c2nc(C)no2)cc1. The molecule has 1 fully saturated rings. The summed E-state index contributed by atoms with van der Waals surface area (Å²) in [5, 5.41) is 13.8. The molecule has 6 heteroatoms. The van der Waals surface area contributed by atoms with Gasteiger partial charge in [0.1, 0.15) is 0 Å². The van der Waals surface area contributed by atoms with E-state index < -0.39 is 0 Å². The molecule has 2 aromatic rings. The Labute approximate surface area is 129 Å². The average molecular weight is 303 g/mol. The van der Waals surface area contributed by atoms with Crippen LogP contribution in [0, 0.1) is 6.92 Å². The number of hydrogen-bond acceptors (Lipinski definition) is 6. The van der Waals surface area contributed by atoms with Crippen LogP contribution < -0.4 is 0 Å². The van der Waals surface area contributed by atoms with Crippen LogP contribution in [0.25, 0.3) is 0 Å². The molecular weight excluding hydrogens is 282 g/mol. The molecule has 0 saturated carbocycles. The van der Waals surface area contributed by atoms with Crippen LogP contribution in [0.1, 0.15) is 35.3 Å². The number of nitrogens with zero attached hydrogens (tertiary/aromatic N) is 3. The van der Waals surface area contributed by atoms with Crippen LogP contribution in [0.5, 0.6) is 0 Å². The van der Waals surface area contributed by atoms with Gasteiger partial charge in [0.2, 0.25) is 5.89 Å². The summed E-state index contributed by atoms with van der Waals surface area (Å²) in [5.74, 6) is 1.21. The number of methoxy groups -OCH3 is 1. The van der Waals surface area contributed by atoms with Crippen molar-refractivity contribution < 1.29 is 14.4 Å². The number of ether oxygens (including phenoxy) is 1. The minimum absolute atomic E-state index is 0.0187. The van der Waals surface area contributed by atoms with Gasteiger partial charge in [-0.25, -0.2) is 0 Å². The topological polar surface area (TPSA) is 71.6 Å². The highest BCUT2D eigenvalue weighted by molar-refractivity contribution is 5.22. The molecule has 6 nitrogen and oxygen atoms in total. The maximum atomic E-state index is 9.98. The second-order valence-electron chi connectivity index (χ2n) is 5.76. The molecule has 0 amide bonds. The van der Waals surface area contributed by atoms with Crippen LogP contribution in [0.15, 0.2) is 28.8 Å². The van der Waals surface area contributed by atoms with Crippen LogP contribution >= 0.6 is 0 Å². The molecule has 0 aliphatic carbocycles. The summed E-state index contributed by atoms with van der Waals surface area (Å²) < 4.78 is 10.4. The lowest BCUT2D eigenvalue weighted by Crippen LogP contribution is -2.24. The van der Waals surface area contributed by atoms with Gasteiger partial charge < -0.3 is 14.4 Å². The zero-order chi connectivity index (χ0) is 15.5. The summed E-state index contributed by atoms with van der Waals surface area (Å²) in [5.41, 5.74) is 2.34. The third-order valence-corrected chi connectivity index (χ3v) is 3.93. The quantitative estimate of drug-likeness (QED) is 0.908. The van der Waals surface area contributed by atoms with Gasteiger partial charge in [0.15, 0.2) is 5.82 Å². The molecule has 0 spiro atoms. The lowest BCUT2D eigenvalue weighted by atomic mass is 10.1. The summed E-state index contributed by atoms with van der Waals surface area (Å²) >= 11 is 0. The van der Waals surface area contributed by atoms with E-state index in [0.29, 0.717) is 31.3 Å². The zero-order valence-corrected chi connectivity index (χ0v) is 12.9. The highest BCUT2D eigenvalue weighted by Crippen LogP contribution is 2.32. The second kappa shape index (κ2) is 6.56. The Kier molecular flexibility index (Phi) is 4.52. The van der Waals surface area contributed by atoms with Gasteiger partial charge in [-0.2, -0.15) is 4.98 Å². The van der Waals surface area contributed by atoms with Crippen molar-refractivity contribution in [3.63, 3.8) is 0 Å². The third kappa shape index (κ3) is 3.35. The normalized spacial score (nSPS) is 22.3. The molecule has 0 bridgehead atoms. The van der Waals surface area contributed by atoms with E-state index >= 15 is 0 Å². The van der Waals surface area contributed by atoms with Crippen molar-refractivity contribution in [2.75, 3.05) is 13.7 Å². The van der Waals surface area contributed by atoms with Gasteiger partial charge in [-0.1, -0.05) is 29.4 Å². The number of β-amino-alcohol motifs (C(OH)–C–C–N with tert-alkyl or cyclic N) is 1. The Hall–Kier alpha value is -1.76. The number of benzene rings is 1. The van der Waals surface area contributed by atoms with Crippen molar-refractivity contribution in [3.05, 3.63) is 47.1 Å². The van der Waals surface area contributed by atoms with Crippen molar-refractivity contribution in [3.8, 4) is 0 Å². The monoisotopic (exact) mass is 303 g/mol. The van der Waals surface area contributed by atoms with E-state index in [-0.39, 0.29) is 12.1 Å². The number of rotatable bonds is 5. The fraction of sp³-hybridized carbons (Fsp3) is 0.500. The largest absolute Gasteiger partial charge is 0.392 e. The summed E-state index contributed by atoms with van der Waals surface area (Å²) in [6, 6.07) is 8.30. The van der Waals surface area contributed by atoms with Crippen LogP contribution in [-0.2, 0) is 17.9 Å². The number of aliphatic hydroxyl groups excluding tert-OH is 1. The molecule has 1 saturated heterocycles. The van der Waals surface area contributed by atoms with Gasteiger partial charge in [0.05, 0.1) is 18.8 Å². The predicted molar refractivity (Wildman–Crippen MR) is 80.0 cm³/mol. The average Bonchev–Trinajstić information content (AvgIpc) is 3.07. The standard InChI is InChI=1S/C16H21N3O3/c1-11-17-16(22-18-11)15-7-14(20)9-19(15)8-12-3-5-13(6-4-12)10-21-2/h3-6,14-15,20H,7-10H2,1-2H3/t14-,15-/m1/s1. The van der Waals surface area contributed by atoms with Gasteiger partial charge in [0, 0.05) is 20.2 Å². The minimum Gasteiger partial charge on any atom is -0.392 e. The van der Waals surface area contributed by atoms with Crippen molar-refractivity contribution in [1.29, 1.82) is 0 Å². The van der Waals surface area contributed by atoms with Gasteiger partial charge in [-0.15, -0.1) is 0 Å². The first-order chi connectivity index (χ1) is 10.7. The Morgan fingerprint density at radius 1 is 1.32 bits per heavy atom. The molecule has 3 rings (SSSR count). The van der Waals surface area contributed by atoms with E-state index in [1.165, 1.54) is 5.56 Å². The molecule has 1 aliphatic heterocycles. The highest BCUT2D eigenvalue weighted by atomic mass is 16.5. The molecule has 0 unspecified atom stereocenters.